The summed E-state index contributed by atoms with van der Waals surface area (Å²) < 4.78 is 4.98. The number of carbonyl (C=O) groups excluding carboxylic acids is 2. The van der Waals surface area contributed by atoms with Crippen LogP contribution in [0, 0.1) is 11.3 Å². The van der Waals surface area contributed by atoms with Crippen molar-refractivity contribution in [3.63, 3.8) is 0 Å². The molecule has 2 aliphatic rings. The van der Waals surface area contributed by atoms with Crippen LogP contribution >= 0.6 is 0 Å². The third-order valence-electron chi connectivity index (χ3n) is 4.43. The van der Waals surface area contributed by atoms with Crippen LogP contribution in [0.1, 0.15) is 52.9 Å². The van der Waals surface area contributed by atoms with Gasteiger partial charge in [0.05, 0.1) is 6.61 Å². The van der Waals surface area contributed by atoms with Crippen LogP contribution in [0.15, 0.2) is 0 Å². The first-order chi connectivity index (χ1) is 8.95. The summed E-state index contributed by atoms with van der Waals surface area (Å²) in [6, 6.07) is 0.272. The molecule has 2 aliphatic carbocycles. The smallest absolute Gasteiger partial charge is 0.325 e. The third-order valence-corrected chi connectivity index (χ3v) is 4.43. The van der Waals surface area contributed by atoms with Gasteiger partial charge in [0, 0.05) is 12.0 Å². The number of rotatable bonds is 5. The molecule has 1 amide bonds. The Morgan fingerprint density at radius 2 is 1.95 bits per heavy atom. The van der Waals surface area contributed by atoms with Gasteiger partial charge in [-0.1, -0.05) is 20.3 Å². The zero-order valence-corrected chi connectivity index (χ0v) is 12.3. The molecule has 0 spiro atoms. The van der Waals surface area contributed by atoms with Gasteiger partial charge in [-0.25, -0.2) is 0 Å². The zero-order chi connectivity index (χ0) is 14.0. The van der Waals surface area contributed by atoms with Crippen molar-refractivity contribution in [1.29, 1.82) is 0 Å². The SMILES string of the molecule is CCOC(=O)CN(C(=O)C1CCCC1(C)C)C1CC1. The average Bonchev–Trinajstić information content (AvgIpc) is 3.10. The highest BCUT2D eigenvalue weighted by Crippen LogP contribution is 2.44. The van der Waals surface area contributed by atoms with Gasteiger partial charge in [-0.2, -0.15) is 0 Å². The Labute approximate surface area is 115 Å². The Kier molecular flexibility index (Phi) is 4.16. The topological polar surface area (TPSA) is 46.6 Å². The van der Waals surface area contributed by atoms with E-state index in [2.05, 4.69) is 13.8 Å². The fourth-order valence-electron chi connectivity index (χ4n) is 3.10. The summed E-state index contributed by atoms with van der Waals surface area (Å²) in [6.45, 7) is 6.63. The van der Waals surface area contributed by atoms with E-state index < -0.39 is 0 Å². The number of amides is 1. The second kappa shape index (κ2) is 5.51. The van der Waals surface area contributed by atoms with Crippen LogP contribution < -0.4 is 0 Å². The first kappa shape index (κ1) is 14.4. The molecule has 0 bridgehead atoms. The molecule has 0 N–H and O–H groups in total. The van der Waals surface area contributed by atoms with Gasteiger partial charge in [0.1, 0.15) is 6.54 Å². The molecule has 0 aromatic heterocycles. The minimum absolute atomic E-state index is 0.0683. The lowest BCUT2D eigenvalue weighted by molar-refractivity contribution is -0.151. The minimum Gasteiger partial charge on any atom is -0.465 e. The van der Waals surface area contributed by atoms with E-state index >= 15 is 0 Å². The number of carbonyl (C=O) groups is 2. The van der Waals surface area contributed by atoms with E-state index in [1.165, 1.54) is 0 Å². The Bertz CT molecular complexity index is 360. The van der Waals surface area contributed by atoms with E-state index in [1.807, 2.05) is 0 Å². The van der Waals surface area contributed by atoms with Crippen molar-refractivity contribution in [2.45, 2.75) is 58.9 Å². The monoisotopic (exact) mass is 267 g/mol. The van der Waals surface area contributed by atoms with Crippen LogP contribution in [0.4, 0.5) is 0 Å². The quantitative estimate of drug-likeness (QED) is 0.718. The fraction of sp³-hybridized carbons (Fsp3) is 0.867. The predicted molar refractivity (Wildman–Crippen MR) is 72.5 cm³/mol. The standard InChI is InChI=1S/C15H25NO3/c1-4-19-13(17)10-16(11-7-8-11)14(18)12-6-5-9-15(12,2)3/h11-12H,4-10H2,1-3H3. The maximum absolute atomic E-state index is 12.7. The summed E-state index contributed by atoms with van der Waals surface area (Å²) in [5, 5.41) is 0. The number of nitrogens with zero attached hydrogens (tertiary/aromatic N) is 1. The number of ether oxygens (including phenoxy) is 1. The highest BCUT2D eigenvalue weighted by atomic mass is 16.5. The van der Waals surface area contributed by atoms with Crippen molar-refractivity contribution in [2.24, 2.45) is 11.3 Å². The van der Waals surface area contributed by atoms with Gasteiger partial charge < -0.3 is 9.64 Å². The van der Waals surface area contributed by atoms with Crippen LogP contribution in [0.2, 0.25) is 0 Å². The molecule has 2 rings (SSSR count). The predicted octanol–water partition coefficient (Wildman–Crippen LogP) is 2.37. The number of esters is 1. The molecule has 1 unspecified atom stereocenters. The largest absolute Gasteiger partial charge is 0.465 e. The normalized spacial score (nSPS) is 25.1. The maximum Gasteiger partial charge on any atom is 0.325 e. The Balaban J connectivity index is 2.02. The van der Waals surface area contributed by atoms with Crippen LogP contribution in [0.25, 0.3) is 0 Å². The molecular formula is C15H25NO3. The Hall–Kier alpha value is -1.06. The van der Waals surface area contributed by atoms with Crippen LogP contribution in [0.5, 0.6) is 0 Å². The molecule has 2 saturated carbocycles. The highest BCUT2D eigenvalue weighted by molar-refractivity contribution is 5.85. The van der Waals surface area contributed by atoms with E-state index in [-0.39, 0.29) is 35.8 Å². The van der Waals surface area contributed by atoms with E-state index in [0.29, 0.717) is 6.61 Å². The molecule has 1 atom stereocenters. The highest BCUT2D eigenvalue weighted by Gasteiger charge is 2.44. The van der Waals surface area contributed by atoms with Gasteiger partial charge in [-0.3, -0.25) is 9.59 Å². The van der Waals surface area contributed by atoms with Crippen LogP contribution in [-0.4, -0.2) is 36.0 Å². The lowest BCUT2D eigenvalue weighted by Crippen LogP contribution is -2.44. The average molecular weight is 267 g/mol. The molecule has 108 valence electrons. The molecule has 0 radical (unpaired) electrons. The summed E-state index contributed by atoms with van der Waals surface area (Å²) in [7, 11) is 0. The number of hydrogen-bond donors (Lipinski definition) is 0. The van der Waals surface area contributed by atoms with Crippen molar-refractivity contribution in [1.82, 2.24) is 4.90 Å². The fourth-order valence-corrected chi connectivity index (χ4v) is 3.10. The number of hydrogen-bond acceptors (Lipinski definition) is 3. The summed E-state index contributed by atoms with van der Waals surface area (Å²) >= 11 is 0. The van der Waals surface area contributed by atoms with Gasteiger partial charge in [-0.15, -0.1) is 0 Å². The van der Waals surface area contributed by atoms with Gasteiger partial charge in [0.25, 0.3) is 0 Å². The van der Waals surface area contributed by atoms with Gasteiger partial charge in [-0.05, 0) is 38.0 Å². The third kappa shape index (κ3) is 3.28. The second-order valence-corrected chi connectivity index (χ2v) is 6.44. The summed E-state index contributed by atoms with van der Waals surface area (Å²) in [6.07, 6.45) is 5.22. The lowest BCUT2D eigenvalue weighted by Gasteiger charge is -2.31. The van der Waals surface area contributed by atoms with Crippen molar-refractivity contribution >= 4 is 11.9 Å². The maximum atomic E-state index is 12.7. The molecule has 4 nitrogen and oxygen atoms in total. The van der Waals surface area contributed by atoms with Crippen LogP contribution in [0.3, 0.4) is 0 Å². The molecule has 0 aliphatic heterocycles. The van der Waals surface area contributed by atoms with E-state index in [9.17, 15) is 9.59 Å². The summed E-state index contributed by atoms with van der Waals surface area (Å²) in [5.41, 5.74) is 0.0683. The van der Waals surface area contributed by atoms with E-state index in [1.54, 1.807) is 11.8 Å². The molecule has 0 saturated heterocycles. The van der Waals surface area contributed by atoms with Gasteiger partial charge in [0.2, 0.25) is 5.91 Å². The summed E-state index contributed by atoms with van der Waals surface area (Å²) in [4.78, 5) is 26.1. The van der Waals surface area contributed by atoms with Crippen molar-refractivity contribution in [3.8, 4) is 0 Å². The van der Waals surface area contributed by atoms with E-state index in [0.717, 1.165) is 32.1 Å². The lowest BCUT2D eigenvalue weighted by atomic mass is 9.81. The molecule has 0 heterocycles. The molecule has 19 heavy (non-hydrogen) atoms. The molecule has 0 aromatic rings. The van der Waals surface area contributed by atoms with Crippen LogP contribution in [-0.2, 0) is 14.3 Å². The van der Waals surface area contributed by atoms with Gasteiger partial charge in [0.15, 0.2) is 0 Å². The Morgan fingerprint density at radius 1 is 1.26 bits per heavy atom. The Morgan fingerprint density at radius 3 is 2.42 bits per heavy atom. The molecule has 4 heteroatoms. The van der Waals surface area contributed by atoms with Crippen molar-refractivity contribution < 1.29 is 14.3 Å². The summed E-state index contributed by atoms with van der Waals surface area (Å²) in [5.74, 6) is -0.0425. The van der Waals surface area contributed by atoms with Crippen molar-refractivity contribution in [3.05, 3.63) is 0 Å². The molecular weight excluding hydrogens is 242 g/mol. The van der Waals surface area contributed by atoms with E-state index in [4.69, 9.17) is 4.74 Å². The zero-order valence-electron chi connectivity index (χ0n) is 12.3. The molecule has 2 fully saturated rings. The first-order valence-corrected chi connectivity index (χ1v) is 7.42. The first-order valence-electron chi connectivity index (χ1n) is 7.42. The molecule has 0 aromatic carbocycles. The second-order valence-electron chi connectivity index (χ2n) is 6.44. The minimum atomic E-state index is -0.279. The van der Waals surface area contributed by atoms with Gasteiger partial charge >= 0.3 is 5.97 Å². The van der Waals surface area contributed by atoms with Crippen molar-refractivity contribution in [2.75, 3.05) is 13.2 Å².